The number of hydrogen-bond donors (Lipinski definition) is 2. The minimum atomic E-state index is -0.199. The molecule has 8 heteroatoms. The first-order valence-electron chi connectivity index (χ1n) is 9.72. The van der Waals surface area contributed by atoms with Gasteiger partial charge in [0.05, 0.1) is 13.1 Å². The standard InChI is InChI=1S/C22H23N7O/c30-22(24-12-18-6-8-19(9-7-18)14-29-17-23-16-27-29)25-13-20-4-1-2-5-21(20)15-28-11-3-10-26-28/h1-11,16-17H,12-15H2,(H2,24,25,30). The molecule has 30 heavy (non-hydrogen) atoms. The molecular weight excluding hydrogens is 378 g/mol. The summed E-state index contributed by atoms with van der Waals surface area (Å²) in [5.41, 5.74) is 4.36. The first-order chi connectivity index (χ1) is 14.8. The van der Waals surface area contributed by atoms with Crippen molar-refractivity contribution in [2.75, 3.05) is 0 Å². The van der Waals surface area contributed by atoms with Gasteiger partial charge in [-0.1, -0.05) is 48.5 Å². The molecule has 2 aromatic heterocycles. The van der Waals surface area contributed by atoms with Crippen molar-refractivity contribution in [3.8, 4) is 0 Å². The van der Waals surface area contributed by atoms with E-state index in [2.05, 4.69) is 31.9 Å². The van der Waals surface area contributed by atoms with Gasteiger partial charge in [-0.05, 0) is 28.3 Å². The number of amides is 2. The Kier molecular flexibility index (Phi) is 6.14. The lowest BCUT2D eigenvalue weighted by Crippen LogP contribution is -2.34. The minimum absolute atomic E-state index is 0.199. The van der Waals surface area contributed by atoms with Gasteiger partial charge in [0.25, 0.3) is 0 Å². The first-order valence-corrected chi connectivity index (χ1v) is 9.72. The Labute approximate surface area is 174 Å². The van der Waals surface area contributed by atoms with Crippen LogP contribution in [0.1, 0.15) is 22.3 Å². The first kappa shape index (κ1) is 19.4. The summed E-state index contributed by atoms with van der Waals surface area (Å²) in [4.78, 5) is 16.2. The van der Waals surface area contributed by atoms with Crippen LogP contribution in [0.3, 0.4) is 0 Å². The number of hydrogen-bond acceptors (Lipinski definition) is 4. The maximum Gasteiger partial charge on any atom is 0.315 e. The lowest BCUT2D eigenvalue weighted by molar-refractivity contribution is 0.240. The Bertz CT molecular complexity index is 1060. The van der Waals surface area contributed by atoms with E-state index in [4.69, 9.17) is 0 Å². The van der Waals surface area contributed by atoms with Gasteiger partial charge in [-0.2, -0.15) is 10.2 Å². The third-order valence-corrected chi connectivity index (χ3v) is 4.74. The van der Waals surface area contributed by atoms with Gasteiger partial charge in [-0.3, -0.25) is 4.68 Å². The Hall–Kier alpha value is -3.94. The number of nitrogens with one attached hydrogen (secondary N) is 2. The number of carbonyl (C=O) groups is 1. The highest BCUT2D eigenvalue weighted by atomic mass is 16.2. The fraction of sp³-hybridized carbons (Fsp3) is 0.182. The average molecular weight is 401 g/mol. The van der Waals surface area contributed by atoms with E-state index in [1.807, 2.05) is 59.4 Å². The molecule has 2 aromatic carbocycles. The van der Waals surface area contributed by atoms with Crippen LogP contribution in [0.25, 0.3) is 0 Å². The van der Waals surface area contributed by atoms with Crippen molar-refractivity contribution in [1.29, 1.82) is 0 Å². The number of nitrogens with zero attached hydrogens (tertiary/aromatic N) is 5. The molecule has 0 spiro atoms. The third kappa shape index (κ3) is 5.32. The normalized spacial score (nSPS) is 10.7. The maximum absolute atomic E-state index is 12.2. The van der Waals surface area contributed by atoms with Gasteiger partial charge >= 0.3 is 6.03 Å². The molecule has 0 bridgehead atoms. The second-order valence-corrected chi connectivity index (χ2v) is 6.92. The molecule has 4 rings (SSSR count). The molecule has 0 fully saturated rings. The molecule has 4 aromatic rings. The zero-order valence-electron chi connectivity index (χ0n) is 16.5. The van der Waals surface area contributed by atoms with Crippen LogP contribution in [0.5, 0.6) is 0 Å². The zero-order valence-corrected chi connectivity index (χ0v) is 16.5. The molecule has 0 atom stereocenters. The summed E-state index contributed by atoms with van der Waals surface area (Å²) in [5.74, 6) is 0. The van der Waals surface area contributed by atoms with E-state index in [-0.39, 0.29) is 6.03 Å². The van der Waals surface area contributed by atoms with Crippen LogP contribution in [-0.2, 0) is 26.2 Å². The molecule has 0 radical (unpaired) electrons. The van der Waals surface area contributed by atoms with Crippen molar-refractivity contribution in [3.05, 3.63) is 102 Å². The van der Waals surface area contributed by atoms with Gasteiger partial charge in [0.2, 0.25) is 0 Å². The Balaban J connectivity index is 1.25. The molecular formula is C22H23N7O. The molecule has 2 heterocycles. The van der Waals surface area contributed by atoms with Crippen molar-refractivity contribution >= 4 is 6.03 Å². The molecule has 0 saturated carbocycles. The third-order valence-electron chi connectivity index (χ3n) is 4.74. The summed E-state index contributed by atoms with van der Waals surface area (Å²) >= 11 is 0. The second kappa shape index (κ2) is 9.51. The van der Waals surface area contributed by atoms with E-state index < -0.39 is 0 Å². The van der Waals surface area contributed by atoms with Crippen molar-refractivity contribution in [3.63, 3.8) is 0 Å². The highest BCUT2D eigenvalue weighted by Gasteiger charge is 2.06. The fourth-order valence-electron chi connectivity index (χ4n) is 3.14. The lowest BCUT2D eigenvalue weighted by Gasteiger charge is -2.12. The topological polar surface area (TPSA) is 89.7 Å². The second-order valence-electron chi connectivity index (χ2n) is 6.92. The summed E-state index contributed by atoms with van der Waals surface area (Å²) in [7, 11) is 0. The van der Waals surface area contributed by atoms with Crippen LogP contribution in [0.2, 0.25) is 0 Å². The van der Waals surface area contributed by atoms with Crippen molar-refractivity contribution in [2.24, 2.45) is 0 Å². The fourth-order valence-corrected chi connectivity index (χ4v) is 3.14. The minimum Gasteiger partial charge on any atom is -0.334 e. The van der Waals surface area contributed by atoms with E-state index in [1.165, 1.54) is 6.33 Å². The molecule has 0 aliphatic rings. The van der Waals surface area contributed by atoms with Gasteiger partial charge in [0.15, 0.2) is 0 Å². The Morgan fingerprint density at radius 1 is 0.800 bits per heavy atom. The highest BCUT2D eigenvalue weighted by Crippen LogP contribution is 2.10. The SMILES string of the molecule is O=C(NCc1ccc(Cn2cncn2)cc1)NCc1ccccc1Cn1cccn1. The number of urea groups is 1. The predicted molar refractivity (Wildman–Crippen MR) is 112 cm³/mol. The molecule has 0 saturated heterocycles. The quantitative estimate of drug-likeness (QED) is 0.475. The van der Waals surface area contributed by atoms with Crippen LogP contribution >= 0.6 is 0 Å². The predicted octanol–water partition coefficient (Wildman–Crippen LogP) is 2.57. The molecule has 0 unspecified atom stereocenters. The average Bonchev–Trinajstić information content (AvgIpc) is 3.47. The maximum atomic E-state index is 12.2. The molecule has 8 nitrogen and oxygen atoms in total. The summed E-state index contributed by atoms with van der Waals surface area (Å²) in [6, 6.07) is 17.8. The summed E-state index contributed by atoms with van der Waals surface area (Å²) in [5, 5.41) is 14.2. The summed E-state index contributed by atoms with van der Waals surface area (Å²) < 4.78 is 3.64. The zero-order chi connectivity index (χ0) is 20.6. The van der Waals surface area contributed by atoms with E-state index >= 15 is 0 Å². The van der Waals surface area contributed by atoms with Crippen LogP contribution in [0.4, 0.5) is 4.79 Å². The number of carbonyl (C=O) groups excluding carboxylic acids is 1. The van der Waals surface area contributed by atoms with Crippen LogP contribution in [0.15, 0.2) is 79.6 Å². The number of rotatable bonds is 8. The summed E-state index contributed by atoms with van der Waals surface area (Å²) in [6.45, 7) is 2.27. The summed E-state index contributed by atoms with van der Waals surface area (Å²) in [6.07, 6.45) is 6.89. The Morgan fingerprint density at radius 2 is 1.57 bits per heavy atom. The van der Waals surface area contributed by atoms with E-state index in [1.54, 1.807) is 17.2 Å². The van der Waals surface area contributed by atoms with E-state index in [0.717, 1.165) is 22.3 Å². The monoisotopic (exact) mass is 401 g/mol. The highest BCUT2D eigenvalue weighted by molar-refractivity contribution is 5.73. The largest absolute Gasteiger partial charge is 0.334 e. The Morgan fingerprint density at radius 3 is 2.30 bits per heavy atom. The van der Waals surface area contributed by atoms with Gasteiger partial charge in [-0.25, -0.2) is 14.5 Å². The van der Waals surface area contributed by atoms with Gasteiger partial charge in [0.1, 0.15) is 12.7 Å². The van der Waals surface area contributed by atoms with Crippen molar-refractivity contribution < 1.29 is 4.79 Å². The van der Waals surface area contributed by atoms with Gasteiger partial charge in [0, 0.05) is 25.5 Å². The van der Waals surface area contributed by atoms with E-state index in [0.29, 0.717) is 26.2 Å². The lowest BCUT2D eigenvalue weighted by atomic mass is 10.1. The number of benzene rings is 2. The molecule has 0 aliphatic carbocycles. The van der Waals surface area contributed by atoms with Crippen LogP contribution in [0, 0.1) is 0 Å². The molecule has 152 valence electrons. The smallest absolute Gasteiger partial charge is 0.315 e. The molecule has 2 amide bonds. The van der Waals surface area contributed by atoms with Crippen molar-refractivity contribution in [2.45, 2.75) is 26.2 Å². The van der Waals surface area contributed by atoms with Gasteiger partial charge < -0.3 is 10.6 Å². The molecule has 2 N–H and O–H groups in total. The van der Waals surface area contributed by atoms with Crippen LogP contribution in [-0.4, -0.2) is 30.6 Å². The van der Waals surface area contributed by atoms with E-state index in [9.17, 15) is 4.79 Å². The van der Waals surface area contributed by atoms with Crippen LogP contribution < -0.4 is 10.6 Å². The molecule has 0 aliphatic heterocycles. The van der Waals surface area contributed by atoms with Crippen molar-refractivity contribution in [1.82, 2.24) is 35.2 Å². The van der Waals surface area contributed by atoms with Gasteiger partial charge in [-0.15, -0.1) is 0 Å². The number of aromatic nitrogens is 5.